The van der Waals surface area contributed by atoms with E-state index in [1.807, 2.05) is 36.7 Å². The van der Waals surface area contributed by atoms with Crippen molar-refractivity contribution in [3.8, 4) is 11.6 Å². The number of ether oxygens (including phenoxy) is 2. The van der Waals surface area contributed by atoms with Crippen molar-refractivity contribution in [1.29, 1.82) is 0 Å². The summed E-state index contributed by atoms with van der Waals surface area (Å²) in [7, 11) is 3.69. The molecule has 11 nitrogen and oxygen atoms in total. The van der Waals surface area contributed by atoms with Crippen LogP contribution in [0.4, 0.5) is 21.6 Å². The summed E-state index contributed by atoms with van der Waals surface area (Å²) < 4.78 is 30.2. The van der Waals surface area contributed by atoms with E-state index >= 15 is 4.39 Å². The molecule has 1 aromatic carbocycles. The highest BCUT2D eigenvalue weighted by Crippen LogP contribution is 2.43. The molecule has 2 N–H and O–H groups in total. The molecule has 0 saturated carbocycles. The Balaban J connectivity index is 1.30. The summed E-state index contributed by atoms with van der Waals surface area (Å²) in [6, 6.07) is 9.38. The fraction of sp³-hybridized carbons (Fsp3) is 0.486. The van der Waals surface area contributed by atoms with Crippen molar-refractivity contribution < 1.29 is 13.9 Å². The summed E-state index contributed by atoms with van der Waals surface area (Å²) in [6.45, 7) is 10.5. The van der Waals surface area contributed by atoms with Gasteiger partial charge in [-0.3, -0.25) is 9.69 Å². The topological polar surface area (TPSA) is 105 Å². The van der Waals surface area contributed by atoms with Crippen LogP contribution in [0.3, 0.4) is 0 Å². The normalized spacial score (nSPS) is 19.9. The summed E-state index contributed by atoms with van der Waals surface area (Å²) >= 11 is 0. The maximum atomic E-state index is 16.2. The van der Waals surface area contributed by atoms with Gasteiger partial charge in [0.25, 0.3) is 0 Å². The van der Waals surface area contributed by atoms with Gasteiger partial charge in [-0.25, -0.2) is 14.4 Å². The lowest BCUT2D eigenvalue weighted by Crippen LogP contribution is -2.48. The van der Waals surface area contributed by atoms with Crippen LogP contribution < -0.4 is 30.4 Å². The van der Waals surface area contributed by atoms with Gasteiger partial charge in [-0.15, -0.1) is 0 Å². The number of piperidine rings is 1. The van der Waals surface area contributed by atoms with Crippen LogP contribution in [0.2, 0.25) is 0 Å². The van der Waals surface area contributed by atoms with Crippen LogP contribution in [0, 0.1) is 11.7 Å². The van der Waals surface area contributed by atoms with E-state index in [1.165, 1.54) is 6.07 Å². The third-order valence-corrected chi connectivity index (χ3v) is 10.4. The van der Waals surface area contributed by atoms with E-state index in [2.05, 4.69) is 55.0 Å². The average molecular weight is 671 g/mol. The SMILES string of the molecule is COc1cc(CN(Cc2cn3c4c(c(N5CCN(C)CC5)c(F)cc4c2=O)OCC3C(C)C)C2CCCN(c3ccc(N)nc3)C2)ccn1. The van der Waals surface area contributed by atoms with Gasteiger partial charge in [-0.05, 0) is 55.6 Å². The molecule has 6 heterocycles. The van der Waals surface area contributed by atoms with Crippen molar-refractivity contribution in [2.45, 2.75) is 51.9 Å². The molecule has 12 heteroatoms. The standard InChI is InChI=1S/C37H47FN8O3/c1-24(2)31-23-49-37-34-29(17-30(38)35(37)43-14-12-42(3)13-15-43)36(47)26(21-46(31)34)20-45(19-25-9-10-40-33(16-25)48-4)28-6-5-11-44(22-28)27-7-8-32(39)41-18-27/h7-10,16-18,21,24,28,31H,5-6,11-15,19-20,22-23H2,1-4H3,(H2,39,41). The number of pyridine rings is 3. The molecule has 0 amide bonds. The van der Waals surface area contributed by atoms with Crippen LogP contribution >= 0.6 is 0 Å². The number of hydrogen-bond acceptors (Lipinski definition) is 10. The van der Waals surface area contributed by atoms with Crippen LogP contribution in [0.1, 0.15) is 43.9 Å². The molecule has 3 aliphatic rings. The number of nitrogen functional groups attached to an aromatic ring is 1. The summed E-state index contributed by atoms with van der Waals surface area (Å²) in [5.74, 6) is 1.36. The number of piperazine rings is 1. The first-order valence-corrected chi connectivity index (χ1v) is 17.4. The smallest absolute Gasteiger partial charge is 0.213 e. The minimum absolute atomic E-state index is 0.00116. The van der Waals surface area contributed by atoms with E-state index < -0.39 is 5.82 Å². The van der Waals surface area contributed by atoms with E-state index in [0.717, 1.165) is 50.3 Å². The van der Waals surface area contributed by atoms with Gasteiger partial charge in [0.05, 0.1) is 35.9 Å². The van der Waals surface area contributed by atoms with Crippen LogP contribution in [-0.2, 0) is 13.1 Å². The minimum Gasteiger partial charge on any atom is -0.487 e. The molecule has 49 heavy (non-hydrogen) atoms. The van der Waals surface area contributed by atoms with Crippen molar-refractivity contribution in [2.75, 3.05) is 75.6 Å². The van der Waals surface area contributed by atoms with Crippen molar-refractivity contribution in [3.63, 3.8) is 0 Å². The number of benzene rings is 1. The second kappa shape index (κ2) is 13.8. The zero-order chi connectivity index (χ0) is 34.2. The van der Waals surface area contributed by atoms with E-state index in [0.29, 0.717) is 72.4 Å². The monoisotopic (exact) mass is 670 g/mol. The molecule has 2 saturated heterocycles. The van der Waals surface area contributed by atoms with Gasteiger partial charge < -0.3 is 34.5 Å². The van der Waals surface area contributed by atoms with E-state index in [1.54, 1.807) is 13.3 Å². The van der Waals surface area contributed by atoms with Gasteiger partial charge >= 0.3 is 0 Å². The number of nitrogens with two attached hydrogens (primary N) is 1. The second-order valence-electron chi connectivity index (χ2n) is 14.0. The Bertz CT molecular complexity index is 1860. The highest BCUT2D eigenvalue weighted by molar-refractivity contribution is 5.92. The number of hydrogen-bond donors (Lipinski definition) is 1. The lowest BCUT2D eigenvalue weighted by molar-refractivity contribution is 0.157. The predicted octanol–water partition coefficient (Wildman–Crippen LogP) is 4.53. The summed E-state index contributed by atoms with van der Waals surface area (Å²) in [5, 5.41) is 0.372. The molecule has 3 aromatic heterocycles. The molecule has 260 valence electrons. The maximum absolute atomic E-state index is 16.2. The van der Waals surface area contributed by atoms with Crippen molar-refractivity contribution in [1.82, 2.24) is 24.3 Å². The van der Waals surface area contributed by atoms with Crippen molar-refractivity contribution >= 4 is 28.1 Å². The molecule has 7 rings (SSSR count). The first kappa shape index (κ1) is 33.1. The molecule has 0 aliphatic carbocycles. The summed E-state index contributed by atoms with van der Waals surface area (Å²) in [4.78, 5) is 32.1. The lowest BCUT2D eigenvalue weighted by Gasteiger charge is -2.41. The fourth-order valence-corrected chi connectivity index (χ4v) is 7.60. The number of aromatic nitrogens is 3. The predicted molar refractivity (Wildman–Crippen MR) is 191 cm³/mol. The van der Waals surface area contributed by atoms with E-state index in [-0.39, 0.29) is 23.4 Å². The van der Waals surface area contributed by atoms with Gasteiger partial charge in [-0.2, -0.15) is 0 Å². The molecule has 4 aromatic rings. The first-order valence-electron chi connectivity index (χ1n) is 17.4. The van der Waals surface area contributed by atoms with Gasteiger partial charge in [0.15, 0.2) is 17.0 Å². The molecule has 3 aliphatic heterocycles. The molecule has 0 bridgehead atoms. The maximum Gasteiger partial charge on any atom is 0.213 e. The molecule has 2 unspecified atom stereocenters. The Morgan fingerprint density at radius 2 is 1.90 bits per heavy atom. The number of rotatable bonds is 9. The third-order valence-electron chi connectivity index (χ3n) is 10.4. The van der Waals surface area contributed by atoms with Crippen molar-refractivity contribution in [3.05, 3.63) is 76.1 Å². The lowest BCUT2D eigenvalue weighted by atomic mass is 9.98. The molecule has 2 fully saturated rings. The number of anilines is 3. The Morgan fingerprint density at radius 3 is 2.63 bits per heavy atom. The zero-order valence-corrected chi connectivity index (χ0v) is 28.9. The third kappa shape index (κ3) is 6.63. The van der Waals surface area contributed by atoms with Crippen LogP contribution in [0.5, 0.6) is 11.6 Å². The Hall–Kier alpha value is -4.42. The molecule has 0 radical (unpaired) electrons. The van der Waals surface area contributed by atoms with Crippen LogP contribution in [0.25, 0.3) is 10.9 Å². The van der Waals surface area contributed by atoms with Crippen LogP contribution in [-0.4, -0.2) is 90.4 Å². The molecular weight excluding hydrogens is 623 g/mol. The largest absolute Gasteiger partial charge is 0.487 e. The Labute approximate surface area is 287 Å². The Morgan fingerprint density at radius 1 is 1.08 bits per heavy atom. The first-order chi connectivity index (χ1) is 23.7. The van der Waals surface area contributed by atoms with Gasteiger partial charge in [-0.1, -0.05) is 13.8 Å². The molecule has 0 spiro atoms. The zero-order valence-electron chi connectivity index (χ0n) is 28.9. The average Bonchev–Trinajstić information content (AvgIpc) is 3.11. The Kier molecular flexibility index (Phi) is 9.34. The number of halogens is 1. The summed E-state index contributed by atoms with van der Waals surface area (Å²) in [5.41, 5.74) is 9.60. The number of methoxy groups -OCH3 is 1. The highest BCUT2D eigenvalue weighted by Gasteiger charge is 2.34. The fourth-order valence-electron chi connectivity index (χ4n) is 7.60. The van der Waals surface area contributed by atoms with Gasteiger partial charge in [0.2, 0.25) is 5.88 Å². The number of nitrogens with zero attached hydrogens (tertiary/aromatic N) is 7. The molecular formula is C37H47FN8O3. The summed E-state index contributed by atoms with van der Waals surface area (Å²) in [6.07, 6.45) is 7.57. The minimum atomic E-state index is -0.406. The second-order valence-corrected chi connectivity index (χ2v) is 14.0. The van der Waals surface area contributed by atoms with E-state index in [4.69, 9.17) is 15.2 Å². The van der Waals surface area contributed by atoms with Gasteiger partial charge in [0.1, 0.15) is 18.1 Å². The highest BCUT2D eigenvalue weighted by atomic mass is 19.1. The molecule has 2 atom stereocenters. The van der Waals surface area contributed by atoms with E-state index in [9.17, 15) is 4.79 Å². The quantitative estimate of drug-likeness (QED) is 0.273. The number of likely N-dealkylation sites (N-methyl/N-ethyl adjacent to an activating group) is 1. The van der Waals surface area contributed by atoms with Gasteiger partial charge in [0, 0.05) is 82.4 Å². The van der Waals surface area contributed by atoms with Crippen molar-refractivity contribution in [2.24, 2.45) is 5.92 Å². The van der Waals surface area contributed by atoms with Crippen LogP contribution in [0.15, 0.2) is 53.7 Å².